The minimum absolute atomic E-state index is 0.0551. The van der Waals surface area contributed by atoms with E-state index < -0.39 is 6.36 Å². The van der Waals surface area contributed by atoms with Crippen molar-refractivity contribution in [3.63, 3.8) is 0 Å². The third kappa shape index (κ3) is 6.25. The number of para-hydroxylation sites is 1. The van der Waals surface area contributed by atoms with Gasteiger partial charge in [0.05, 0.1) is 6.61 Å². The molecule has 0 amide bonds. The Balaban J connectivity index is 2.67. The minimum Gasteiger partial charge on any atom is -0.405 e. The van der Waals surface area contributed by atoms with E-state index in [1.165, 1.54) is 12.1 Å². The molecule has 0 bridgehead atoms. The van der Waals surface area contributed by atoms with Gasteiger partial charge in [-0.3, -0.25) is 0 Å². The van der Waals surface area contributed by atoms with Crippen LogP contribution in [0.1, 0.15) is 25.8 Å². The second-order valence-corrected chi connectivity index (χ2v) is 5.05. The normalized spacial score (nSPS) is 13.6. The standard InChI is InChI=1S/C14H20F3NO2/c1-10(2)7-12(9-19)18-8-11-5-3-4-6-13(11)20-14(15,16)17/h3-6,10,12,18-19H,7-9H2,1-2H3. The topological polar surface area (TPSA) is 41.5 Å². The number of alkyl halides is 3. The second kappa shape index (κ2) is 7.50. The maximum atomic E-state index is 12.3. The summed E-state index contributed by atoms with van der Waals surface area (Å²) in [5, 5.41) is 12.3. The number of ether oxygens (including phenoxy) is 1. The molecule has 0 aliphatic carbocycles. The summed E-state index contributed by atoms with van der Waals surface area (Å²) in [5.41, 5.74) is 0.409. The van der Waals surface area contributed by atoms with Crippen LogP contribution in [-0.2, 0) is 6.54 Å². The summed E-state index contributed by atoms with van der Waals surface area (Å²) in [5.74, 6) is 0.176. The van der Waals surface area contributed by atoms with Crippen LogP contribution in [0.25, 0.3) is 0 Å². The second-order valence-electron chi connectivity index (χ2n) is 5.05. The van der Waals surface area contributed by atoms with Gasteiger partial charge >= 0.3 is 6.36 Å². The minimum atomic E-state index is -4.70. The fourth-order valence-corrected chi connectivity index (χ4v) is 1.92. The van der Waals surface area contributed by atoms with E-state index in [-0.39, 0.29) is 24.9 Å². The van der Waals surface area contributed by atoms with Crippen molar-refractivity contribution in [1.29, 1.82) is 0 Å². The zero-order chi connectivity index (χ0) is 15.2. The molecule has 3 nitrogen and oxygen atoms in total. The summed E-state index contributed by atoms with van der Waals surface area (Å²) in [4.78, 5) is 0. The van der Waals surface area contributed by atoms with Crippen molar-refractivity contribution in [3.8, 4) is 5.75 Å². The smallest absolute Gasteiger partial charge is 0.405 e. The molecule has 0 saturated heterocycles. The Morgan fingerprint density at radius 3 is 2.45 bits per heavy atom. The number of aliphatic hydroxyl groups is 1. The maximum Gasteiger partial charge on any atom is 0.573 e. The molecule has 1 aromatic rings. The van der Waals surface area contributed by atoms with Gasteiger partial charge < -0.3 is 15.2 Å². The maximum absolute atomic E-state index is 12.3. The van der Waals surface area contributed by atoms with E-state index in [4.69, 9.17) is 0 Å². The van der Waals surface area contributed by atoms with Crippen LogP contribution in [0.5, 0.6) is 5.75 Å². The number of halogens is 3. The Kier molecular flexibility index (Phi) is 6.29. The highest BCUT2D eigenvalue weighted by atomic mass is 19.4. The molecule has 0 aromatic heterocycles. The lowest BCUT2D eigenvalue weighted by Gasteiger charge is -2.19. The van der Waals surface area contributed by atoms with Crippen molar-refractivity contribution in [1.82, 2.24) is 5.32 Å². The van der Waals surface area contributed by atoms with E-state index in [2.05, 4.69) is 10.1 Å². The number of aliphatic hydroxyl groups excluding tert-OH is 1. The quantitative estimate of drug-likeness (QED) is 0.811. The molecule has 0 saturated carbocycles. The average molecular weight is 291 g/mol. The summed E-state index contributed by atoms with van der Waals surface area (Å²) in [6, 6.07) is 5.84. The lowest BCUT2D eigenvalue weighted by atomic mass is 10.0. The fraction of sp³-hybridized carbons (Fsp3) is 0.571. The molecule has 0 fully saturated rings. The molecular formula is C14H20F3NO2. The van der Waals surface area contributed by atoms with Crippen LogP contribution in [0, 0.1) is 5.92 Å². The fourth-order valence-electron chi connectivity index (χ4n) is 1.92. The Morgan fingerprint density at radius 1 is 1.25 bits per heavy atom. The first kappa shape index (κ1) is 16.8. The van der Waals surface area contributed by atoms with Gasteiger partial charge in [0.1, 0.15) is 5.75 Å². The van der Waals surface area contributed by atoms with Crippen molar-refractivity contribution in [2.45, 2.75) is 39.2 Å². The van der Waals surface area contributed by atoms with Crippen molar-refractivity contribution >= 4 is 0 Å². The molecule has 6 heteroatoms. The lowest BCUT2D eigenvalue weighted by molar-refractivity contribution is -0.274. The van der Waals surface area contributed by atoms with Gasteiger partial charge in [0.25, 0.3) is 0 Å². The highest BCUT2D eigenvalue weighted by Crippen LogP contribution is 2.26. The van der Waals surface area contributed by atoms with Gasteiger partial charge in [-0.05, 0) is 18.4 Å². The monoisotopic (exact) mass is 291 g/mol. The molecule has 0 spiro atoms. The van der Waals surface area contributed by atoms with Gasteiger partial charge in [-0.15, -0.1) is 13.2 Å². The molecule has 1 rings (SSSR count). The van der Waals surface area contributed by atoms with Crippen LogP contribution in [0.15, 0.2) is 24.3 Å². The van der Waals surface area contributed by atoms with E-state index in [1.807, 2.05) is 13.8 Å². The summed E-state index contributed by atoms with van der Waals surface area (Å²) in [6.07, 6.45) is -3.96. The number of benzene rings is 1. The van der Waals surface area contributed by atoms with Crippen LogP contribution in [-0.4, -0.2) is 24.1 Å². The first-order valence-corrected chi connectivity index (χ1v) is 6.49. The van der Waals surface area contributed by atoms with Crippen molar-refractivity contribution < 1.29 is 23.0 Å². The Hall–Kier alpha value is -1.27. The lowest BCUT2D eigenvalue weighted by Crippen LogP contribution is -2.33. The molecule has 0 radical (unpaired) electrons. The number of rotatable bonds is 7. The Morgan fingerprint density at radius 2 is 1.90 bits per heavy atom. The SMILES string of the molecule is CC(C)CC(CO)NCc1ccccc1OC(F)(F)F. The van der Waals surface area contributed by atoms with Crippen LogP contribution in [0.4, 0.5) is 13.2 Å². The molecule has 0 heterocycles. The van der Waals surface area contributed by atoms with Crippen LogP contribution in [0.3, 0.4) is 0 Å². The molecule has 1 unspecified atom stereocenters. The third-order valence-corrected chi connectivity index (χ3v) is 2.76. The molecule has 2 N–H and O–H groups in total. The average Bonchev–Trinajstić information content (AvgIpc) is 2.33. The van der Waals surface area contributed by atoms with Gasteiger partial charge in [-0.25, -0.2) is 0 Å². The van der Waals surface area contributed by atoms with Crippen molar-refractivity contribution in [2.75, 3.05) is 6.61 Å². The summed E-state index contributed by atoms with van der Waals surface area (Å²) >= 11 is 0. The molecule has 114 valence electrons. The zero-order valence-corrected chi connectivity index (χ0v) is 11.6. The van der Waals surface area contributed by atoms with E-state index >= 15 is 0 Å². The third-order valence-electron chi connectivity index (χ3n) is 2.76. The predicted octanol–water partition coefficient (Wildman–Crippen LogP) is 3.08. The van der Waals surface area contributed by atoms with Gasteiger partial charge in [-0.1, -0.05) is 32.0 Å². The molecular weight excluding hydrogens is 271 g/mol. The number of hydrogen-bond donors (Lipinski definition) is 2. The number of nitrogens with one attached hydrogen (secondary N) is 1. The van der Waals surface area contributed by atoms with Crippen molar-refractivity contribution in [3.05, 3.63) is 29.8 Å². The largest absolute Gasteiger partial charge is 0.573 e. The summed E-state index contributed by atoms with van der Waals surface area (Å²) in [7, 11) is 0. The zero-order valence-electron chi connectivity index (χ0n) is 11.6. The van der Waals surface area contributed by atoms with E-state index in [9.17, 15) is 18.3 Å². The molecule has 0 aliphatic heterocycles. The van der Waals surface area contributed by atoms with Crippen molar-refractivity contribution in [2.24, 2.45) is 5.92 Å². The Bertz CT molecular complexity index is 408. The van der Waals surface area contributed by atoms with E-state index in [0.29, 0.717) is 11.5 Å². The number of hydrogen-bond acceptors (Lipinski definition) is 3. The highest BCUT2D eigenvalue weighted by molar-refractivity contribution is 5.33. The van der Waals surface area contributed by atoms with Gasteiger partial charge in [-0.2, -0.15) is 0 Å². The van der Waals surface area contributed by atoms with Crippen LogP contribution >= 0.6 is 0 Å². The molecule has 1 atom stereocenters. The highest BCUT2D eigenvalue weighted by Gasteiger charge is 2.31. The first-order chi connectivity index (χ1) is 9.31. The van der Waals surface area contributed by atoms with Crippen LogP contribution in [0.2, 0.25) is 0 Å². The van der Waals surface area contributed by atoms with E-state index in [0.717, 1.165) is 6.42 Å². The van der Waals surface area contributed by atoms with Gasteiger partial charge in [0.15, 0.2) is 0 Å². The Labute approximate surface area is 116 Å². The first-order valence-electron chi connectivity index (χ1n) is 6.49. The summed E-state index contributed by atoms with van der Waals surface area (Å²) in [6.45, 7) is 4.20. The van der Waals surface area contributed by atoms with Crippen LogP contribution < -0.4 is 10.1 Å². The van der Waals surface area contributed by atoms with Gasteiger partial charge in [0.2, 0.25) is 0 Å². The molecule has 1 aromatic carbocycles. The van der Waals surface area contributed by atoms with E-state index in [1.54, 1.807) is 12.1 Å². The molecule has 20 heavy (non-hydrogen) atoms. The predicted molar refractivity (Wildman–Crippen MR) is 70.3 cm³/mol. The summed E-state index contributed by atoms with van der Waals surface area (Å²) < 4.78 is 40.8. The molecule has 0 aliphatic rings. The van der Waals surface area contributed by atoms with Gasteiger partial charge in [0, 0.05) is 18.2 Å².